The van der Waals surface area contributed by atoms with Gasteiger partial charge in [-0.15, -0.1) is 10.2 Å². The summed E-state index contributed by atoms with van der Waals surface area (Å²) >= 11 is 1.10. The molecule has 0 unspecified atom stereocenters. The summed E-state index contributed by atoms with van der Waals surface area (Å²) in [6.07, 6.45) is -0.600. The number of hydrogen-bond acceptors (Lipinski definition) is 7. The van der Waals surface area contributed by atoms with Gasteiger partial charge in [0.2, 0.25) is 11.8 Å². The fourth-order valence-corrected chi connectivity index (χ4v) is 2.54. The minimum Gasteiger partial charge on any atom is -0.447 e. The lowest BCUT2D eigenvalue weighted by Gasteiger charge is -2.08. The Bertz CT molecular complexity index is 698. The summed E-state index contributed by atoms with van der Waals surface area (Å²) < 4.78 is 10.2. The molecule has 0 spiro atoms. The van der Waals surface area contributed by atoms with Crippen LogP contribution in [0.5, 0.6) is 0 Å². The van der Waals surface area contributed by atoms with E-state index in [-0.39, 0.29) is 30.0 Å². The van der Waals surface area contributed by atoms with Crippen LogP contribution in [0.25, 0.3) is 11.5 Å². The topological polar surface area (TPSA) is 85.5 Å². The highest BCUT2D eigenvalue weighted by Gasteiger charge is 2.28. The molecule has 1 aliphatic heterocycles. The van der Waals surface area contributed by atoms with Crippen molar-refractivity contribution in [1.29, 1.82) is 0 Å². The first-order chi connectivity index (χ1) is 10.6. The van der Waals surface area contributed by atoms with Gasteiger partial charge < -0.3 is 9.15 Å². The van der Waals surface area contributed by atoms with E-state index in [1.165, 1.54) is 0 Å². The quantitative estimate of drug-likeness (QED) is 0.798. The van der Waals surface area contributed by atoms with Gasteiger partial charge in [0, 0.05) is 5.56 Å². The van der Waals surface area contributed by atoms with Gasteiger partial charge in [0.15, 0.2) is 0 Å². The smallest absolute Gasteiger partial charge is 0.416 e. The summed E-state index contributed by atoms with van der Waals surface area (Å²) in [6, 6.07) is 7.69. The van der Waals surface area contributed by atoms with Gasteiger partial charge in [0.05, 0.1) is 12.3 Å². The summed E-state index contributed by atoms with van der Waals surface area (Å²) in [5.41, 5.74) is 1.96. The van der Waals surface area contributed by atoms with E-state index in [1.54, 1.807) is 0 Å². The summed E-state index contributed by atoms with van der Waals surface area (Å²) in [4.78, 5) is 24.2. The third-order valence-electron chi connectivity index (χ3n) is 3.09. The Labute approximate surface area is 130 Å². The summed E-state index contributed by atoms with van der Waals surface area (Å²) in [5, 5.41) is 8.13. The summed E-state index contributed by atoms with van der Waals surface area (Å²) in [6.45, 7) is 2.53. The van der Waals surface area contributed by atoms with Crippen LogP contribution in [0.2, 0.25) is 0 Å². The molecule has 2 amide bonds. The Morgan fingerprint density at radius 2 is 2.09 bits per heavy atom. The van der Waals surface area contributed by atoms with Crippen LogP contribution < -0.4 is 0 Å². The molecular weight excluding hydrogens is 306 g/mol. The zero-order valence-electron chi connectivity index (χ0n) is 11.8. The van der Waals surface area contributed by atoms with Crippen molar-refractivity contribution in [2.45, 2.75) is 12.1 Å². The van der Waals surface area contributed by atoms with Crippen LogP contribution in [0.3, 0.4) is 0 Å². The Morgan fingerprint density at radius 3 is 2.77 bits per heavy atom. The minimum atomic E-state index is -0.600. The molecule has 0 saturated carbocycles. The molecule has 1 aliphatic rings. The Balaban J connectivity index is 1.61. The number of amides is 2. The van der Waals surface area contributed by atoms with Crippen molar-refractivity contribution < 1.29 is 18.7 Å². The van der Waals surface area contributed by atoms with Crippen molar-refractivity contribution in [3.05, 3.63) is 29.8 Å². The van der Waals surface area contributed by atoms with E-state index >= 15 is 0 Å². The zero-order chi connectivity index (χ0) is 15.5. The molecule has 1 saturated heterocycles. The lowest BCUT2D eigenvalue weighted by atomic mass is 10.1. The molecular formula is C14H13N3O4S. The maximum atomic E-state index is 11.9. The van der Waals surface area contributed by atoms with Crippen LogP contribution in [0, 0.1) is 6.92 Å². The van der Waals surface area contributed by atoms with Gasteiger partial charge in [-0.2, -0.15) is 0 Å². The second kappa shape index (κ2) is 6.18. The first-order valence-electron chi connectivity index (χ1n) is 6.64. The van der Waals surface area contributed by atoms with Gasteiger partial charge in [-0.1, -0.05) is 29.5 Å². The number of ether oxygens (including phenoxy) is 1. The van der Waals surface area contributed by atoms with Crippen LogP contribution in [0.4, 0.5) is 4.79 Å². The van der Waals surface area contributed by atoms with Crippen LogP contribution >= 0.6 is 11.8 Å². The average molecular weight is 319 g/mol. The number of nitrogens with zero attached hydrogens (tertiary/aromatic N) is 3. The van der Waals surface area contributed by atoms with Crippen LogP contribution in [-0.4, -0.2) is 46.0 Å². The predicted octanol–water partition coefficient (Wildman–Crippen LogP) is 2.12. The molecule has 3 rings (SSSR count). The third-order valence-corrected chi connectivity index (χ3v) is 3.89. The number of imide groups is 1. The van der Waals surface area contributed by atoms with Crippen molar-refractivity contribution in [2.75, 3.05) is 18.9 Å². The van der Waals surface area contributed by atoms with Crippen LogP contribution in [0.1, 0.15) is 5.56 Å². The number of carbonyl (C=O) groups is 2. The van der Waals surface area contributed by atoms with E-state index in [9.17, 15) is 9.59 Å². The monoisotopic (exact) mass is 319 g/mol. The van der Waals surface area contributed by atoms with Gasteiger partial charge >= 0.3 is 6.09 Å². The molecule has 1 aromatic carbocycles. The van der Waals surface area contributed by atoms with E-state index in [1.807, 2.05) is 31.2 Å². The molecule has 0 aliphatic carbocycles. The molecule has 8 heteroatoms. The summed E-state index contributed by atoms with van der Waals surface area (Å²) in [7, 11) is 0. The first kappa shape index (κ1) is 14.6. The van der Waals surface area contributed by atoms with Crippen molar-refractivity contribution >= 4 is 23.8 Å². The molecule has 0 radical (unpaired) electrons. The van der Waals surface area contributed by atoms with E-state index in [0.717, 1.165) is 27.8 Å². The number of carbonyl (C=O) groups excluding carboxylic acids is 2. The van der Waals surface area contributed by atoms with Gasteiger partial charge in [-0.25, -0.2) is 9.69 Å². The van der Waals surface area contributed by atoms with Crippen molar-refractivity contribution in [2.24, 2.45) is 0 Å². The highest BCUT2D eigenvalue weighted by Crippen LogP contribution is 2.23. The van der Waals surface area contributed by atoms with E-state index in [4.69, 9.17) is 9.15 Å². The van der Waals surface area contributed by atoms with Crippen LogP contribution in [0.15, 0.2) is 33.9 Å². The number of aryl methyl sites for hydroxylation is 1. The lowest BCUT2D eigenvalue weighted by molar-refractivity contribution is -0.125. The fourth-order valence-electron chi connectivity index (χ4n) is 1.90. The van der Waals surface area contributed by atoms with E-state index in [0.29, 0.717) is 5.89 Å². The van der Waals surface area contributed by atoms with Crippen molar-refractivity contribution in [3.8, 4) is 11.5 Å². The molecule has 0 atom stereocenters. The molecule has 1 aromatic heterocycles. The molecule has 22 heavy (non-hydrogen) atoms. The molecule has 2 heterocycles. The summed E-state index contributed by atoms with van der Waals surface area (Å²) in [5.74, 6) is 0.114. The minimum absolute atomic E-state index is 0.0463. The van der Waals surface area contributed by atoms with Crippen molar-refractivity contribution in [1.82, 2.24) is 15.1 Å². The number of cyclic esters (lactones) is 1. The van der Waals surface area contributed by atoms with Crippen LogP contribution in [-0.2, 0) is 9.53 Å². The standard InChI is InChI=1S/C14H13N3O4S/c1-9-2-4-10(5-3-9)12-15-16-13(21-12)22-8-11(18)17-6-7-20-14(17)19/h2-5H,6-8H2,1H3. The molecule has 0 bridgehead atoms. The Kier molecular flexibility index (Phi) is 4.10. The molecule has 2 aromatic rings. The third kappa shape index (κ3) is 3.11. The SMILES string of the molecule is Cc1ccc(-c2nnc(SCC(=O)N3CCOC3=O)o2)cc1. The van der Waals surface area contributed by atoms with Crippen molar-refractivity contribution in [3.63, 3.8) is 0 Å². The number of rotatable bonds is 4. The Morgan fingerprint density at radius 1 is 1.32 bits per heavy atom. The zero-order valence-corrected chi connectivity index (χ0v) is 12.6. The predicted molar refractivity (Wildman–Crippen MR) is 78.3 cm³/mol. The fraction of sp³-hybridized carbons (Fsp3) is 0.286. The van der Waals surface area contributed by atoms with Gasteiger partial charge in [0.25, 0.3) is 5.22 Å². The number of thioether (sulfide) groups is 1. The van der Waals surface area contributed by atoms with Gasteiger partial charge in [-0.3, -0.25) is 4.79 Å². The van der Waals surface area contributed by atoms with Gasteiger partial charge in [0.1, 0.15) is 6.61 Å². The second-order valence-corrected chi connectivity index (χ2v) is 5.61. The molecule has 1 fully saturated rings. The maximum absolute atomic E-state index is 11.9. The van der Waals surface area contributed by atoms with E-state index in [2.05, 4.69) is 10.2 Å². The largest absolute Gasteiger partial charge is 0.447 e. The highest BCUT2D eigenvalue weighted by atomic mass is 32.2. The molecule has 114 valence electrons. The second-order valence-electron chi connectivity index (χ2n) is 4.69. The highest BCUT2D eigenvalue weighted by molar-refractivity contribution is 7.99. The van der Waals surface area contributed by atoms with E-state index < -0.39 is 6.09 Å². The first-order valence-corrected chi connectivity index (χ1v) is 7.62. The normalized spacial score (nSPS) is 14.2. The van der Waals surface area contributed by atoms with Gasteiger partial charge in [-0.05, 0) is 19.1 Å². The number of benzene rings is 1. The maximum Gasteiger partial charge on any atom is 0.416 e. The number of aromatic nitrogens is 2. The molecule has 0 N–H and O–H groups in total. The number of hydrogen-bond donors (Lipinski definition) is 0. The Hall–Kier alpha value is -2.35. The lowest BCUT2D eigenvalue weighted by Crippen LogP contribution is -2.32. The average Bonchev–Trinajstić information content (AvgIpc) is 3.14. The molecule has 7 nitrogen and oxygen atoms in total.